The Bertz CT molecular complexity index is 872. The molecule has 0 spiro atoms. The van der Waals surface area contributed by atoms with Crippen molar-refractivity contribution in [1.29, 1.82) is 0 Å². The Labute approximate surface area is 182 Å². The lowest BCUT2D eigenvalue weighted by atomic mass is 9.94. The van der Waals surface area contributed by atoms with Gasteiger partial charge in [-0.15, -0.1) is 11.3 Å². The zero-order valence-corrected chi connectivity index (χ0v) is 19.3. The highest BCUT2D eigenvalue weighted by Gasteiger charge is 2.38. The number of nitrogens with zero attached hydrogens (tertiary/aromatic N) is 2. The van der Waals surface area contributed by atoms with E-state index in [9.17, 15) is 9.90 Å². The van der Waals surface area contributed by atoms with E-state index in [0.717, 1.165) is 33.5 Å². The minimum Gasteiger partial charge on any atom is -0.497 e. The first-order valence-corrected chi connectivity index (χ1v) is 11.2. The predicted octanol–water partition coefficient (Wildman–Crippen LogP) is 4.29. The lowest BCUT2D eigenvalue weighted by Gasteiger charge is -2.29. The lowest BCUT2D eigenvalue weighted by molar-refractivity contribution is -0.139. The van der Waals surface area contributed by atoms with Crippen LogP contribution in [-0.2, 0) is 17.0 Å². The summed E-state index contributed by atoms with van der Waals surface area (Å²) in [6, 6.07) is 7.46. The topological polar surface area (TPSA) is 71.9 Å². The van der Waals surface area contributed by atoms with Crippen LogP contribution in [0.4, 0.5) is 0 Å². The molecule has 2 heterocycles. The minimum atomic E-state index is -0.999. The van der Waals surface area contributed by atoms with Gasteiger partial charge >= 0.3 is 0 Å². The molecule has 1 unspecified atom stereocenters. The Morgan fingerprint density at radius 2 is 1.87 bits per heavy atom. The van der Waals surface area contributed by atoms with Crippen molar-refractivity contribution in [2.24, 2.45) is 5.41 Å². The van der Waals surface area contributed by atoms with E-state index in [1.165, 1.54) is 11.3 Å². The summed E-state index contributed by atoms with van der Waals surface area (Å²) in [5.41, 5.74) is -0.531. The van der Waals surface area contributed by atoms with Crippen molar-refractivity contribution in [2.75, 3.05) is 20.2 Å². The number of methoxy groups -OCH3 is 1. The molecular weight excluding hydrogens is 400 g/mol. The molecule has 1 N–H and O–H groups in total. The molecule has 0 saturated carbocycles. The zero-order chi connectivity index (χ0) is 21.9. The summed E-state index contributed by atoms with van der Waals surface area (Å²) in [4.78, 5) is 20.2. The number of hydrogen-bond donors (Lipinski definition) is 1. The van der Waals surface area contributed by atoms with Crippen LogP contribution in [0.2, 0.25) is 0 Å². The fourth-order valence-corrected chi connectivity index (χ4v) is 4.71. The highest BCUT2D eigenvalue weighted by molar-refractivity contribution is 7.11. The number of aromatic nitrogens is 1. The molecule has 1 aliphatic rings. The quantitative estimate of drug-likeness (QED) is 0.763. The summed E-state index contributed by atoms with van der Waals surface area (Å²) in [5.74, 6) is 1.68. The monoisotopic (exact) mass is 432 g/mol. The molecule has 1 fully saturated rings. The van der Waals surface area contributed by atoms with Crippen molar-refractivity contribution in [3.05, 3.63) is 39.8 Å². The number of benzene rings is 1. The Morgan fingerprint density at radius 3 is 2.50 bits per heavy atom. The molecule has 0 bridgehead atoms. The van der Waals surface area contributed by atoms with Crippen molar-refractivity contribution < 1.29 is 19.4 Å². The van der Waals surface area contributed by atoms with Gasteiger partial charge in [-0.05, 0) is 44.0 Å². The summed E-state index contributed by atoms with van der Waals surface area (Å²) in [5, 5.41) is 12.1. The summed E-state index contributed by atoms with van der Waals surface area (Å²) in [6.45, 7) is 9.38. The molecule has 164 valence electrons. The van der Waals surface area contributed by atoms with Crippen molar-refractivity contribution in [3.63, 3.8) is 0 Å². The van der Waals surface area contributed by atoms with Crippen LogP contribution in [0.15, 0.2) is 24.3 Å². The molecule has 1 amide bonds. The van der Waals surface area contributed by atoms with Gasteiger partial charge in [0.1, 0.15) is 28.7 Å². The van der Waals surface area contributed by atoms with Crippen molar-refractivity contribution >= 4 is 17.2 Å². The first-order chi connectivity index (χ1) is 14.1. The van der Waals surface area contributed by atoms with Crippen LogP contribution in [-0.4, -0.2) is 41.1 Å². The Morgan fingerprint density at radius 1 is 1.20 bits per heavy atom. The number of aryl methyl sites for hydroxylation is 1. The van der Waals surface area contributed by atoms with Crippen LogP contribution in [0.3, 0.4) is 0 Å². The second-order valence-electron chi connectivity index (χ2n) is 8.92. The third-order valence-electron chi connectivity index (χ3n) is 5.46. The molecule has 0 aliphatic carbocycles. The van der Waals surface area contributed by atoms with Crippen LogP contribution < -0.4 is 9.47 Å². The van der Waals surface area contributed by atoms with Crippen LogP contribution in [0, 0.1) is 12.3 Å². The fourth-order valence-electron chi connectivity index (χ4n) is 3.59. The number of thiazole rings is 1. The zero-order valence-electron chi connectivity index (χ0n) is 18.5. The maximum absolute atomic E-state index is 12.6. The van der Waals surface area contributed by atoms with Gasteiger partial charge in [0.05, 0.1) is 17.7 Å². The second kappa shape index (κ2) is 8.94. The molecule has 1 aromatic carbocycles. The van der Waals surface area contributed by atoms with E-state index < -0.39 is 11.0 Å². The molecule has 3 rings (SSSR count). The molecule has 0 radical (unpaired) electrons. The van der Waals surface area contributed by atoms with E-state index in [-0.39, 0.29) is 5.91 Å². The summed E-state index contributed by atoms with van der Waals surface area (Å²) in [7, 11) is 1.63. The molecule has 6 nitrogen and oxygen atoms in total. The van der Waals surface area contributed by atoms with Gasteiger partial charge in [-0.2, -0.15) is 0 Å². The molecule has 7 heteroatoms. The van der Waals surface area contributed by atoms with Gasteiger partial charge in [0, 0.05) is 24.9 Å². The predicted molar refractivity (Wildman–Crippen MR) is 118 cm³/mol. The van der Waals surface area contributed by atoms with E-state index in [0.29, 0.717) is 32.5 Å². The van der Waals surface area contributed by atoms with Crippen molar-refractivity contribution in [1.82, 2.24) is 9.88 Å². The highest BCUT2D eigenvalue weighted by atomic mass is 32.1. The normalized spacial score (nSPS) is 20.0. The van der Waals surface area contributed by atoms with Gasteiger partial charge in [0.15, 0.2) is 0 Å². The van der Waals surface area contributed by atoms with E-state index in [1.54, 1.807) is 7.11 Å². The number of rotatable bonds is 5. The van der Waals surface area contributed by atoms with Crippen LogP contribution in [0.1, 0.15) is 55.6 Å². The average Bonchev–Trinajstić information content (AvgIpc) is 2.97. The fraction of sp³-hybridized carbons (Fsp3) is 0.565. The van der Waals surface area contributed by atoms with Gasteiger partial charge < -0.3 is 19.5 Å². The molecule has 30 heavy (non-hydrogen) atoms. The van der Waals surface area contributed by atoms with Gasteiger partial charge in [-0.1, -0.05) is 20.8 Å². The van der Waals surface area contributed by atoms with E-state index in [1.807, 2.05) is 56.9 Å². The number of aliphatic hydroxyl groups is 1. The van der Waals surface area contributed by atoms with Crippen molar-refractivity contribution in [2.45, 2.75) is 59.2 Å². The number of hydrogen-bond acceptors (Lipinski definition) is 6. The second-order valence-corrected chi connectivity index (χ2v) is 10.0. The van der Waals surface area contributed by atoms with Crippen LogP contribution in [0.25, 0.3) is 0 Å². The van der Waals surface area contributed by atoms with Gasteiger partial charge in [-0.25, -0.2) is 4.98 Å². The number of amides is 1. The molecule has 1 atom stereocenters. The maximum Gasteiger partial charge on any atom is 0.227 e. The van der Waals surface area contributed by atoms with E-state index in [4.69, 9.17) is 9.47 Å². The smallest absolute Gasteiger partial charge is 0.227 e. The van der Waals surface area contributed by atoms with Gasteiger partial charge in [0.2, 0.25) is 5.91 Å². The molecule has 1 aliphatic heterocycles. The highest BCUT2D eigenvalue weighted by Crippen LogP contribution is 2.37. The number of ether oxygens (including phenoxy) is 2. The third-order valence-corrected chi connectivity index (χ3v) is 6.79. The molecule has 1 aromatic heterocycles. The van der Waals surface area contributed by atoms with Gasteiger partial charge in [0.25, 0.3) is 0 Å². The Kier molecular flexibility index (Phi) is 6.72. The lowest BCUT2D eigenvalue weighted by Crippen LogP contribution is -2.40. The number of likely N-dealkylation sites (tertiary alicyclic amines) is 1. The Hall–Kier alpha value is -2.12. The van der Waals surface area contributed by atoms with Crippen LogP contribution in [0.5, 0.6) is 11.5 Å². The average molecular weight is 433 g/mol. The first-order valence-electron chi connectivity index (χ1n) is 10.4. The molecular formula is C23H32N2O4S. The van der Waals surface area contributed by atoms with Gasteiger partial charge in [-0.3, -0.25) is 4.79 Å². The summed E-state index contributed by atoms with van der Waals surface area (Å²) < 4.78 is 11.1. The number of carbonyl (C=O) groups excluding carboxylic acids is 1. The van der Waals surface area contributed by atoms with Crippen molar-refractivity contribution in [3.8, 4) is 11.5 Å². The minimum absolute atomic E-state index is 0.135. The molecule has 2 aromatic rings. The first kappa shape index (κ1) is 22.6. The SMILES string of the molecule is COc1ccc(OCc2sc(C3(O)CCCN(C(=O)C(C)(C)C)CC3)nc2C)cc1. The summed E-state index contributed by atoms with van der Waals surface area (Å²) in [6.07, 6.45) is 1.86. The van der Waals surface area contributed by atoms with Crippen LogP contribution >= 0.6 is 11.3 Å². The molecule has 1 saturated heterocycles. The third kappa shape index (κ3) is 5.13. The maximum atomic E-state index is 12.6. The van der Waals surface area contributed by atoms with E-state index >= 15 is 0 Å². The largest absolute Gasteiger partial charge is 0.497 e. The van der Waals surface area contributed by atoms with E-state index in [2.05, 4.69) is 4.98 Å². The standard InChI is InChI=1S/C23H32N2O4S/c1-16-19(15-29-18-9-7-17(28-5)8-10-18)30-20(24-16)23(27)11-6-13-25(14-12-23)21(26)22(2,3)4/h7-10,27H,6,11-15H2,1-5H3. The summed E-state index contributed by atoms with van der Waals surface area (Å²) >= 11 is 1.50. The Balaban J connectivity index is 1.67. The number of carbonyl (C=O) groups is 1.